The van der Waals surface area contributed by atoms with E-state index in [0.717, 1.165) is 17.7 Å². The van der Waals surface area contributed by atoms with Crippen molar-refractivity contribution in [1.82, 2.24) is 4.57 Å². The number of nitriles is 1. The highest BCUT2D eigenvalue weighted by Gasteiger charge is 2.38. The first-order valence-electron chi connectivity index (χ1n) is 6.57. The summed E-state index contributed by atoms with van der Waals surface area (Å²) in [6.45, 7) is 1.11. The van der Waals surface area contributed by atoms with Gasteiger partial charge in [-0.25, -0.2) is 4.21 Å². The smallest absolute Gasteiger partial charge is 0.302 e. The molecule has 1 aromatic heterocycles. The number of aromatic nitrogens is 1. The first kappa shape index (κ1) is 22.6. The van der Waals surface area contributed by atoms with Crippen LogP contribution in [0.3, 0.4) is 0 Å². The van der Waals surface area contributed by atoms with Gasteiger partial charge in [-0.1, -0.05) is 58.0 Å². The standard InChI is InChI=1S/C14H5Cl5F4N2OS/c1-5-7(13(20,21)22)2-8(15)11(10(5)16)25-4-9(6(3-24)12(25)17)27(26)14(18,19)23/h2,4H,1H3. The Labute approximate surface area is 177 Å². The zero-order valence-corrected chi connectivity index (χ0v) is 17.4. The van der Waals surface area contributed by atoms with E-state index in [2.05, 4.69) is 0 Å². The molecule has 146 valence electrons. The number of nitrogens with zero attached hydrogens (tertiary/aromatic N) is 2. The average molecular weight is 503 g/mol. The molecule has 0 bridgehead atoms. The third kappa shape index (κ3) is 4.19. The molecule has 0 N–H and O–H groups in total. The fourth-order valence-electron chi connectivity index (χ4n) is 2.21. The summed E-state index contributed by atoms with van der Waals surface area (Å²) in [5.74, 6) is 0. The molecule has 0 aliphatic rings. The van der Waals surface area contributed by atoms with Gasteiger partial charge in [-0.3, -0.25) is 0 Å². The van der Waals surface area contributed by atoms with E-state index in [1.54, 1.807) is 6.07 Å². The molecule has 1 aromatic carbocycles. The molecule has 13 heteroatoms. The topological polar surface area (TPSA) is 45.8 Å². The summed E-state index contributed by atoms with van der Waals surface area (Å²) in [6, 6.07) is 2.22. The summed E-state index contributed by atoms with van der Waals surface area (Å²) in [5, 5.41) is 7.92. The Morgan fingerprint density at radius 3 is 2.19 bits per heavy atom. The number of hydrogen-bond donors (Lipinski definition) is 0. The predicted octanol–water partition coefficient (Wildman–Crippen LogP) is 6.80. The van der Waals surface area contributed by atoms with Crippen LogP contribution in [0.25, 0.3) is 5.69 Å². The highest BCUT2D eigenvalue weighted by Crippen LogP contribution is 2.43. The van der Waals surface area contributed by atoms with E-state index in [-0.39, 0.29) is 11.3 Å². The van der Waals surface area contributed by atoms with Crippen molar-refractivity contribution < 1.29 is 21.8 Å². The summed E-state index contributed by atoms with van der Waals surface area (Å²) < 4.78 is 62.6. The highest BCUT2D eigenvalue weighted by atomic mass is 35.5. The Morgan fingerprint density at radius 1 is 1.19 bits per heavy atom. The van der Waals surface area contributed by atoms with Gasteiger partial charge in [-0.2, -0.15) is 22.8 Å². The van der Waals surface area contributed by atoms with E-state index in [1.165, 1.54) is 0 Å². The molecule has 2 rings (SSSR count). The van der Waals surface area contributed by atoms with Crippen LogP contribution < -0.4 is 0 Å². The maximum Gasteiger partial charge on any atom is 0.416 e. The summed E-state index contributed by atoms with van der Waals surface area (Å²) in [5.41, 5.74) is -2.10. The Balaban J connectivity index is 2.82. The largest absolute Gasteiger partial charge is 0.416 e. The molecule has 0 saturated heterocycles. The molecule has 1 unspecified atom stereocenters. The van der Waals surface area contributed by atoms with Gasteiger partial charge in [0.05, 0.1) is 26.2 Å². The second-order valence-electron chi connectivity index (χ2n) is 5.05. The number of rotatable bonds is 3. The maximum atomic E-state index is 13.6. The zero-order chi connectivity index (χ0) is 20.9. The van der Waals surface area contributed by atoms with Gasteiger partial charge in [0.15, 0.2) is 0 Å². The minimum absolute atomic E-state index is 0.220. The van der Waals surface area contributed by atoms with Crippen molar-refractivity contribution in [3.63, 3.8) is 0 Å². The van der Waals surface area contributed by atoms with E-state index in [0.29, 0.717) is 6.07 Å². The fraction of sp³-hybridized carbons (Fsp3) is 0.214. The normalized spacial score (nSPS) is 13.5. The van der Waals surface area contributed by atoms with Gasteiger partial charge >= 0.3 is 10.1 Å². The number of alkyl halides is 6. The van der Waals surface area contributed by atoms with Crippen LogP contribution in [-0.2, 0) is 17.0 Å². The molecule has 0 spiro atoms. The van der Waals surface area contributed by atoms with Gasteiger partial charge in [0.1, 0.15) is 27.6 Å². The minimum atomic E-state index is -4.72. The van der Waals surface area contributed by atoms with Crippen LogP contribution in [0.5, 0.6) is 0 Å². The Bertz CT molecular complexity index is 992. The zero-order valence-electron chi connectivity index (χ0n) is 12.8. The lowest BCUT2D eigenvalue weighted by Crippen LogP contribution is -2.13. The molecule has 27 heavy (non-hydrogen) atoms. The van der Waals surface area contributed by atoms with Crippen molar-refractivity contribution in [2.24, 2.45) is 0 Å². The van der Waals surface area contributed by atoms with Gasteiger partial charge in [-0.05, 0) is 18.6 Å². The predicted molar refractivity (Wildman–Crippen MR) is 97.2 cm³/mol. The van der Waals surface area contributed by atoms with E-state index >= 15 is 0 Å². The number of hydrogen-bond acceptors (Lipinski definition) is 2. The van der Waals surface area contributed by atoms with Crippen molar-refractivity contribution in [2.45, 2.75) is 21.9 Å². The van der Waals surface area contributed by atoms with E-state index < -0.39 is 52.1 Å². The summed E-state index contributed by atoms with van der Waals surface area (Å²) in [6.07, 6.45) is -3.80. The first-order chi connectivity index (χ1) is 12.2. The van der Waals surface area contributed by atoms with Crippen LogP contribution in [0.2, 0.25) is 15.2 Å². The van der Waals surface area contributed by atoms with E-state index in [9.17, 15) is 27.0 Å². The summed E-state index contributed by atoms with van der Waals surface area (Å²) in [4.78, 5) is -0.486. The van der Waals surface area contributed by atoms with Gasteiger partial charge in [0.2, 0.25) is 0 Å². The van der Waals surface area contributed by atoms with Gasteiger partial charge in [0, 0.05) is 6.20 Å². The second-order valence-corrected chi connectivity index (χ2v) is 9.41. The monoisotopic (exact) mass is 500 g/mol. The van der Waals surface area contributed by atoms with Crippen molar-refractivity contribution >= 4 is 68.8 Å². The molecular formula is C14H5Cl5F4N2OS. The number of benzene rings is 1. The lowest BCUT2D eigenvalue weighted by Gasteiger charge is -2.17. The Kier molecular flexibility index (Phi) is 6.38. The molecule has 1 atom stereocenters. The molecule has 0 saturated carbocycles. The number of halogens is 9. The third-order valence-corrected chi connectivity index (χ3v) is 6.51. The van der Waals surface area contributed by atoms with Crippen molar-refractivity contribution in [3.05, 3.63) is 44.2 Å². The summed E-state index contributed by atoms with van der Waals surface area (Å²) >= 11 is 28.4. The van der Waals surface area contributed by atoms with Crippen molar-refractivity contribution in [2.75, 3.05) is 0 Å². The third-order valence-electron chi connectivity index (χ3n) is 3.42. The molecule has 0 amide bonds. The minimum Gasteiger partial charge on any atom is -0.302 e. The van der Waals surface area contributed by atoms with E-state index in [4.69, 9.17) is 58.0 Å². The van der Waals surface area contributed by atoms with E-state index in [1.807, 2.05) is 0 Å². The van der Waals surface area contributed by atoms with Crippen molar-refractivity contribution in [3.8, 4) is 11.8 Å². The Hall–Kier alpha value is -0.690. The lowest BCUT2D eigenvalue weighted by atomic mass is 10.1. The molecule has 0 aliphatic carbocycles. The highest BCUT2D eigenvalue weighted by molar-refractivity contribution is 7.89. The molecule has 2 aromatic rings. The van der Waals surface area contributed by atoms with Gasteiger partial charge in [0.25, 0.3) is 0 Å². The van der Waals surface area contributed by atoms with Gasteiger partial charge < -0.3 is 4.57 Å². The van der Waals surface area contributed by atoms with Crippen LogP contribution >= 0.6 is 58.0 Å². The molecule has 0 radical (unpaired) electrons. The molecule has 0 aliphatic heterocycles. The lowest BCUT2D eigenvalue weighted by molar-refractivity contribution is -0.138. The van der Waals surface area contributed by atoms with Crippen LogP contribution in [0.15, 0.2) is 17.2 Å². The van der Waals surface area contributed by atoms with Crippen LogP contribution in [0, 0.1) is 18.3 Å². The van der Waals surface area contributed by atoms with Crippen LogP contribution in [0.1, 0.15) is 16.7 Å². The fourth-order valence-corrected chi connectivity index (χ4v) is 4.46. The average Bonchev–Trinajstić information content (AvgIpc) is 2.84. The maximum absolute atomic E-state index is 13.6. The Morgan fingerprint density at radius 2 is 1.74 bits per heavy atom. The molecular weight excluding hydrogens is 497 g/mol. The van der Waals surface area contributed by atoms with Gasteiger partial charge in [-0.15, -0.1) is 0 Å². The van der Waals surface area contributed by atoms with Crippen LogP contribution in [-0.4, -0.2) is 12.7 Å². The van der Waals surface area contributed by atoms with Crippen molar-refractivity contribution in [1.29, 1.82) is 5.26 Å². The first-order valence-corrected chi connectivity index (χ1v) is 9.61. The quantitative estimate of drug-likeness (QED) is 0.342. The second kappa shape index (κ2) is 7.62. The molecule has 0 fully saturated rings. The summed E-state index contributed by atoms with van der Waals surface area (Å²) in [7, 11) is -2.74. The SMILES string of the molecule is Cc1c(C(F)(F)F)cc(Cl)c(-n2cc(S(=O)C(F)(Cl)Cl)c(C#N)c2Cl)c1Cl. The molecule has 3 nitrogen and oxygen atoms in total. The molecule has 1 heterocycles. The van der Waals surface area contributed by atoms with Crippen LogP contribution in [0.4, 0.5) is 17.6 Å².